The van der Waals surface area contributed by atoms with Gasteiger partial charge >= 0.3 is 0 Å². The van der Waals surface area contributed by atoms with Crippen molar-refractivity contribution in [1.29, 1.82) is 0 Å². The van der Waals surface area contributed by atoms with Gasteiger partial charge < -0.3 is 4.74 Å². The van der Waals surface area contributed by atoms with Gasteiger partial charge in [-0.3, -0.25) is 4.68 Å². The highest BCUT2D eigenvalue weighted by Crippen LogP contribution is 2.15. The van der Waals surface area contributed by atoms with E-state index in [1.54, 1.807) is 7.11 Å². The molecule has 0 amide bonds. The van der Waals surface area contributed by atoms with Crippen LogP contribution in [0.25, 0.3) is 11.3 Å². The number of aryl methyl sites for hydroxylation is 1. The predicted octanol–water partition coefficient (Wildman–Crippen LogP) is 2.59. The van der Waals surface area contributed by atoms with Crippen LogP contribution in [0.4, 0.5) is 0 Å². The lowest BCUT2D eigenvalue weighted by molar-refractivity contribution is 0.189. The fourth-order valence-corrected chi connectivity index (χ4v) is 1.62. The second-order valence-corrected chi connectivity index (χ2v) is 3.68. The Labute approximate surface area is 95.7 Å². The van der Waals surface area contributed by atoms with Gasteiger partial charge in [0, 0.05) is 32.0 Å². The van der Waals surface area contributed by atoms with Crippen LogP contribution < -0.4 is 0 Å². The molecule has 0 unspecified atom stereocenters. The van der Waals surface area contributed by atoms with Crippen molar-refractivity contribution in [3.63, 3.8) is 0 Å². The van der Waals surface area contributed by atoms with Crippen LogP contribution in [0.15, 0.2) is 42.6 Å². The molecule has 1 aromatic heterocycles. The van der Waals surface area contributed by atoms with Crippen molar-refractivity contribution < 1.29 is 4.74 Å². The molecule has 0 spiro atoms. The van der Waals surface area contributed by atoms with Crippen molar-refractivity contribution in [3.8, 4) is 11.3 Å². The van der Waals surface area contributed by atoms with Crippen LogP contribution in [-0.4, -0.2) is 23.5 Å². The Morgan fingerprint density at radius 2 is 2.00 bits per heavy atom. The van der Waals surface area contributed by atoms with E-state index in [0.717, 1.165) is 30.8 Å². The van der Waals surface area contributed by atoms with Crippen LogP contribution in [-0.2, 0) is 11.3 Å². The molecule has 0 aliphatic rings. The van der Waals surface area contributed by atoms with Gasteiger partial charge in [0.1, 0.15) is 0 Å². The summed E-state index contributed by atoms with van der Waals surface area (Å²) in [5.74, 6) is 0. The molecular formula is C13H16N2O. The van der Waals surface area contributed by atoms with Gasteiger partial charge in [-0.2, -0.15) is 5.10 Å². The van der Waals surface area contributed by atoms with Crippen LogP contribution in [0.1, 0.15) is 6.42 Å². The average molecular weight is 216 g/mol. The highest BCUT2D eigenvalue weighted by molar-refractivity contribution is 5.57. The lowest BCUT2D eigenvalue weighted by atomic mass is 10.2. The summed E-state index contributed by atoms with van der Waals surface area (Å²) in [6, 6.07) is 12.3. The van der Waals surface area contributed by atoms with Crippen molar-refractivity contribution in [2.24, 2.45) is 0 Å². The third-order valence-electron chi connectivity index (χ3n) is 2.45. The van der Waals surface area contributed by atoms with E-state index in [-0.39, 0.29) is 0 Å². The Bertz CT molecular complexity index is 423. The standard InChI is InChI=1S/C13H16N2O/c1-16-11-5-9-15-10-8-13(14-15)12-6-3-2-4-7-12/h2-4,6-8,10H,5,9,11H2,1H3. The number of rotatable bonds is 5. The van der Waals surface area contributed by atoms with E-state index in [9.17, 15) is 0 Å². The SMILES string of the molecule is COCCCn1ccc(-c2ccccc2)n1. The number of ether oxygens (including phenoxy) is 1. The molecule has 0 aliphatic heterocycles. The first-order valence-electron chi connectivity index (χ1n) is 5.48. The van der Waals surface area contributed by atoms with Crippen LogP contribution >= 0.6 is 0 Å². The van der Waals surface area contributed by atoms with Crippen LogP contribution in [0.5, 0.6) is 0 Å². The minimum Gasteiger partial charge on any atom is -0.385 e. The Balaban J connectivity index is 2.02. The molecule has 1 aromatic carbocycles. The third kappa shape index (κ3) is 2.70. The Morgan fingerprint density at radius 3 is 2.75 bits per heavy atom. The minimum atomic E-state index is 0.778. The highest BCUT2D eigenvalue weighted by atomic mass is 16.5. The zero-order valence-electron chi connectivity index (χ0n) is 9.47. The molecule has 0 radical (unpaired) electrons. The molecule has 2 aromatic rings. The molecule has 3 nitrogen and oxygen atoms in total. The molecule has 84 valence electrons. The summed E-state index contributed by atoms with van der Waals surface area (Å²) in [5, 5.41) is 4.51. The zero-order chi connectivity index (χ0) is 11.2. The smallest absolute Gasteiger partial charge is 0.0923 e. The number of aromatic nitrogens is 2. The molecule has 0 bridgehead atoms. The third-order valence-corrected chi connectivity index (χ3v) is 2.45. The van der Waals surface area contributed by atoms with Gasteiger partial charge in [0.25, 0.3) is 0 Å². The van der Waals surface area contributed by atoms with Gasteiger partial charge in [0.05, 0.1) is 5.69 Å². The maximum Gasteiger partial charge on any atom is 0.0923 e. The maximum absolute atomic E-state index is 5.01. The molecule has 0 N–H and O–H groups in total. The van der Waals surface area contributed by atoms with E-state index < -0.39 is 0 Å². The van der Waals surface area contributed by atoms with E-state index >= 15 is 0 Å². The molecule has 0 saturated heterocycles. The van der Waals surface area contributed by atoms with E-state index in [1.807, 2.05) is 35.1 Å². The van der Waals surface area contributed by atoms with Crippen LogP contribution in [0.3, 0.4) is 0 Å². The van der Waals surface area contributed by atoms with Crippen molar-refractivity contribution in [2.45, 2.75) is 13.0 Å². The topological polar surface area (TPSA) is 27.1 Å². The first kappa shape index (κ1) is 10.9. The zero-order valence-corrected chi connectivity index (χ0v) is 9.47. The largest absolute Gasteiger partial charge is 0.385 e. The summed E-state index contributed by atoms with van der Waals surface area (Å²) in [6.45, 7) is 1.68. The Hall–Kier alpha value is -1.61. The molecule has 3 heteroatoms. The molecule has 16 heavy (non-hydrogen) atoms. The van der Waals surface area contributed by atoms with Gasteiger partial charge in [0.2, 0.25) is 0 Å². The van der Waals surface area contributed by atoms with Gasteiger partial charge in [-0.15, -0.1) is 0 Å². The van der Waals surface area contributed by atoms with Crippen molar-refractivity contribution in [1.82, 2.24) is 9.78 Å². The van der Waals surface area contributed by atoms with Crippen molar-refractivity contribution >= 4 is 0 Å². The van der Waals surface area contributed by atoms with Gasteiger partial charge in [-0.1, -0.05) is 30.3 Å². The number of hydrogen-bond donors (Lipinski definition) is 0. The maximum atomic E-state index is 5.01. The Kier molecular flexibility index (Phi) is 3.72. The van der Waals surface area contributed by atoms with Gasteiger partial charge in [-0.25, -0.2) is 0 Å². The van der Waals surface area contributed by atoms with Crippen molar-refractivity contribution in [2.75, 3.05) is 13.7 Å². The van der Waals surface area contributed by atoms with Crippen LogP contribution in [0, 0.1) is 0 Å². The fraction of sp³-hybridized carbons (Fsp3) is 0.308. The number of hydrogen-bond acceptors (Lipinski definition) is 2. The van der Waals surface area contributed by atoms with E-state index in [2.05, 4.69) is 17.2 Å². The lowest BCUT2D eigenvalue weighted by Crippen LogP contribution is -2.01. The number of methoxy groups -OCH3 is 1. The second-order valence-electron chi connectivity index (χ2n) is 3.68. The molecular weight excluding hydrogens is 200 g/mol. The number of benzene rings is 1. The Morgan fingerprint density at radius 1 is 1.19 bits per heavy atom. The highest BCUT2D eigenvalue weighted by Gasteiger charge is 2.00. The monoisotopic (exact) mass is 216 g/mol. The minimum absolute atomic E-state index is 0.778. The normalized spacial score (nSPS) is 10.6. The summed E-state index contributed by atoms with van der Waals surface area (Å²) in [6.07, 6.45) is 3.00. The molecule has 0 fully saturated rings. The molecule has 0 aliphatic carbocycles. The average Bonchev–Trinajstić information content (AvgIpc) is 2.79. The van der Waals surface area contributed by atoms with Gasteiger partial charge in [0.15, 0.2) is 0 Å². The summed E-state index contributed by atoms with van der Waals surface area (Å²) in [4.78, 5) is 0. The fourth-order valence-electron chi connectivity index (χ4n) is 1.62. The quantitative estimate of drug-likeness (QED) is 0.718. The van der Waals surface area contributed by atoms with E-state index in [4.69, 9.17) is 4.74 Å². The summed E-state index contributed by atoms with van der Waals surface area (Å²) in [7, 11) is 1.72. The summed E-state index contributed by atoms with van der Waals surface area (Å²) < 4.78 is 6.97. The van der Waals surface area contributed by atoms with Gasteiger partial charge in [-0.05, 0) is 12.5 Å². The van der Waals surface area contributed by atoms with E-state index in [1.165, 1.54) is 0 Å². The first-order chi connectivity index (χ1) is 7.90. The molecule has 2 rings (SSSR count). The predicted molar refractivity (Wildman–Crippen MR) is 64.2 cm³/mol. The summed E-state index contributed by atoms with van der Waals surface area (Å²) >= 11 is 0. The molecule has 0 atom stereocenters. The van der Waals surface area contributed by atoms with Crippen molar-refractivity contribution in [3.05, 3.63) is 42.6 Å². The van der Waals surface area contributed by atoms with E-state index in [0.29, 0.717) is 0 Å². The first-order valence-corrected chi connectivity index (χ1v) is 5.48. The second kappa shape index (κ2) is 5.47. The molecule has 1 heterocycles. The summed E-state index contributed by atoms with van der Waals surface area (Å²) in [5.41, 5.74) is 2.19. The van der Waals surface area contributed by atoms with Crippen LogP contribution in [0.2, 0.25) is 0 Å². The number of nitrogens with zero attached hydrogens (tertiary/aromatic N) is 2. The lowest BCUT2D eigenvalue weighted by Gasteiger charge is -2.00. The molecule has 0 saturated carbocycles.